The molecule has 2 aromatic carbocycles. The van der Waals surface area contributed by atoms with Crippen molar-refractivity contribution in [1.29, 1.82) is 0 Å². The van der Waals surface area contributed by atoms with Crippen molar-refractivity contribution in [3.8, 4) is 0 Å². The molecule has 4 aliphatic rings. The molecule has 0 bridgehead atoms. The van der Waals surface area contributed by atoms with E-state index in [2.05, 4.69) is 43.3 Å². The van der Waals surface area contributed by atoms with Crippen LogP contribution in [0.5, 0.6) is 0 Å². The first kappa shape index (κ1) is 26.9. The van der Waals surface area contributed by atoms with E-state index in [0.717, 1.165) is 55.8 Å². The van der Waals surface area contributed by atoms with Crippen molar-refractivity contribution in [2.24, 2.45) is 5.41 Å². The number of nitrogens with two attached hydrogens (primary N) is 1. The Bertz CT molecular complexity index is 1550. The molecule has 5 heterocycles. The fourth-order valence-electron chi connectivity index (χ4n) is 7.58. The Morgan fingerprint density at radius 1 is 0.833 bits per heavy atom. The number of imide groups is 1. The number of hydrogen-bond donors (Lipinski definition) is 2. The van der Waals surface area contributed by atoms with Crippen molar-refractivity contribution in [1.82, 2.24) is 20.0 Å². The Kier molecular flexibility index (Phi) is 6.88. The predicted molar refractivity (Wildman–Crippen MR) is 164 cm³/mol. The molecule has 4 fully saturated rings. The van der Waals surface area contributed by atoms with E-state index in [1.54, 1.807) is 6.20 Å². The van der Waals surface area contributed by atoms with Crippen LogP contribution in [0.25, 0.3) is 10.8 Å². The minimum Gasteiger partial charge on any atom is -0.399 e. The molecule has 10 heteroatoms. The summed E-state index contributed by atoms with van der Waals surface area (Å²) in [5.41, 5.74) is 9.09. The first-order valence-corrected chi connectivity index (χ1v) is 15.3. The maximum atomic E-state index is 13.4. The van der Waals surface area contributed by atoms with Gasteiger partial charge in [-0.25, -0.2) is 4.68 Å². The number of nitrogens with zero attached hydrogens (tertiary/aromatic N) is 5. The van der Waals surface area contributed by atoms with Gasteiger partial charge in [0.15, 0.2) is 0 Å². The number of carbonyl (C=O) groups is 2. The first-order chi connectivity index (χ1) is 20.4. The molecule has 1 atom stereocenters. The number of nitrogen functional groups attached to an aromatic ring is 1. The number of anilines is 3. The number of likely N-dealkylation sites (tertiary alicyclic amines) is 1. The van der Waals surface area contributed by atoms with Gasteiger partial charge in [0.05, 0.1) is 11.6 Å². The summed E-state index contributed by atoms with van der Waals surface area (Å²) in [4.78, 5) is 45.0. The molecule has 0 saturated carbocycles. The van der Waals surface area contributed by atoms with Crippen LogP contribution < -0.4 is 26.4 Å². The number of fused-ring (bicyclic) bond motifs is 1. The maximum absolute atomic E-state index is 13.4. The highest BCUT2D eigenvalue weighted by Gasteiger charge is 2.43. The highest BCUT2D eigenvalue weighted by atomic mass is 16.2. The molecule has 4 saturated heterocycles. The van der Waals surface area contributed by atoms with Gasteiger partial charge in [0.1, 0.15) is 6.04 Å². The number of hydrogen-bond acceptors (Lipinski definition) is 8. The smallest absolute Gasteiger partial charge is 0.275 e. The standard InChI is InChI=1S/C32H39N7O3/c33-23-2-5-24(6-3-23)36-14-9-25(10-15-36)38-18-13-32(21-38)11-16-37(17-12-32)26-4-1-22-20-34-39(31(42)27(22)19-26)28-7-8-29(40)35-30(28)41/h1-6,19-20,25,28H,7-18,21,33H2,(H,35,40,41). The van der Waals surface area contributed by atoms with E-state index in [1.807, 2.05) is 24.3 Å². The Balaban J connectivity index is 0.983. The van der Waals surface area contributed by atoms with Crippen LogP contribution in [-0.4, -0.2) is 71.8 Å². The second-order valence-corrected chi connectivity index (χ2v) is 12.7. The summed E-state index contributed by atoms with van der Waals surface area (Å²) in [7, 11) is 0. The third-order valence-corrected chi connectivity index (χ3v) is 10.2. The van der Waals surface area contributed by atoms with Crippen molar-refractivity contribution < 1.29 is 9.59 Å². The highest BCUT2D eigenvalue weighted by Crippen LogP contribution is 2.43. The number of benzene rings is 2. The Labute approximate surface area is 245 Å². The molecule has 3 N–H and O–H groups in total. The van der Waals surface area contributed by atoms with Crippen molar-refractivity contribution in [3.63, 3.8) is 0 Å². The molecular weight excluding hydrogens is 530 g/mol. The van der Waals surface area contributed by atoms with Crippen molar-refractivity contribution >= 4 is 39.6 Å². The summed E-state index contributed by atoms with van der Waals surface area (Å²) >= 11 is 0. The van der Waals surface area contributed by atoms with Gasteiger partial charge in [-0.1, -0.05) is 6.07 Å². The van der Waals surface area contributed by atoms with Crippen molar-refractivity contribution in [3.05, 3.63) is 59.0 Å². The van der Waals surface area contributed by atoms with Gasteiger partial charge < -0.3 is 15.5 Å². The molecule has 1 aromatic heterocycles. The number of nitrogens with one attached hydrogen (secondary N) is 1. The lowest BCUT2D eigenvalue weighted by atomic mass is 9.77. The third kappa shape index (κ3) is 5.02. The van der Waals surface area contributed by atoms with E-state index in [1.165, 1.54) is 42.7 Å². The first-order valence-electron chi connectivity index (χ1n) is 15.3. The van der Waals surface area contributed by atoms with Crippen LogP contribution in [0.1, 0.15) is 51.0 Å². The van der Waals surface area contributed by atoms with Crippen molar-refractivity contribution in [2.75, 3.05) is 54.8 Å². The van der Waals surface area contributed by atoms with Gasteiger partial charge in [-0.3, -0.25) is 24.6 Å². The monoisotopic (exact) mass is 569 g/mol. The molecule has 1 unspecified atom stereocenters. The van der Waals surface area contributed by atoms with E-state index in [0.29, 0.717) is 16.8 Å². The average Bonchev–Trinajstić information content (AvgIpc) is 3.42. The zero-order valence-corrected chi connectivity index (χ0v) is 24.0. The number of amides is 2. The molecule has 4 aliphatic heterocycles. The van der Waals surface area contributed by atoms with Crippen LogP contribution in [0.15, 0.2) is 53.5 Å². The lowest BCUT2D eigenvalue weighted by Gasteiger charge is -2.42. The van der Waals surface area contributed by atoms with Crippen LogP contribution in [0.4, 0.5) is 17.1 Å². The van der Waals surface area contributed by atoms with E-state index in [-0.39, 0.29) is 24.3 Å². The summed E-state index contributed by atoms with van der Waals surface area (Å²) in [6, 6.07) is 14.1. The Morgan fingerprint density at radius 2 is 1.52 bits per heavy atom. The molecule has 2 amide bonds. The molecule has 0 aliphatic carbocycles. The predicted octanol–water partition coefficient (Wildman–Crippen LogP) is 2.92. The third-order valence-electron chi connectivity index (χ3n) is 10.2. The van der Waals surface area contributed by atoms with Gasteiger partial charge in [0.25, 0.3) is 11.5 Å². The lowest BCUT2D eigenvalue weighted by Crippen LogP contribution is -2.46. The van der Waals surface area contributed by atoms with E-state index >= 15 is 0 Å². The minimum absolute atomic E-state index is 0.207. The largest absolute Gasteiger partial charge is 0.399 e. The van der Waals surface area contributed by atoms with E-state index in [9.17, 15) is 14.4 Å². The second kappa shape index (κ2) is 10.7. The summed E-state index contributed by atoms with van der Waals surface area (Å²) in [6.45, 7) is 6.51. The Hall–Kier alpha value is -3.92. The number of piperidine rings is 3. The van der Waals surface area contributed by atoms with Crippen LogP contribution >= 0.6 is 0 Å². The van der Waals surface area contributed by atoms with Gasteiger partial charge in [0.2, 0.25) is 5.91 Å². The molecule has 0 radical (unpaired) electrons. The van der Waals surface area contributed by atoms with Gasteiger partial charge in [-0.15, -0.1) is 0 Å². The van der Waals surface area contributed by atoms with Gasteiger partial charge in [-0.2, -0.15) is 5.10 Å². The van der Waals surface area contributed by atoms with E-state index in [4.69, 9.17) is 5.73 Å². The number of aromatic nitrogens is 2. The van der Waals surface area contributed by atoms with Gasteiger partial charge in [-0.05, 0) is 86.9 Å². The van der Waals surface area contributed by atoms with Gasteiger partial charge in [0, 0.05) is 67.6 Å². The second-order valence-electron chi connectivity index (χ2n) is 12.7. The fraction of sp³-hybridized carbons (Fsp3) is 0.500. The zero-order valence-electron chi connectivity index (χ0n) is 24.0. The van der Waals surface area contributed by atoms with Crippen LogP contribution in [0.3, 0.4) is 0 Å². The van der Waals surface area contributed by atoms with E-state index < -0.39 is 11.9 Å². The topological polar surface area (TPSA) is 117 Å². The quantitative estimate of drug-likeness (QED) is 0.364. The molecular formula is C32H39N7O3. The molecule has 42 heavy (non-hydrogen) atoms. The molecule has 220 valence electrons. The minimum atomic E-state index is -0.756. The van der Waals surface area contributed by atoms with Gasteiger partial charge >= 0.3 is 0 Å². The molecule has 7 rings (SSSR count). The molecule has 1 spiro atoms. The summed E-state index contributed by atoms with van der Waals surface area (Å²) in [5.74, 6) is -0.768. The van der Waals surface area contributed by atoms with Crippen LogP contribution in [-0.2, 0) is 9.59 Å². The lowest BCUT2D eigenvalue weighted by molar-refractivity contribution is -0.136. The van der Waals surface area contributed by atoms with Crippen LogP contribution in [0.2, 0.25) is 0 Å². The average molecular weight is 570 g/mol. The number of carbonyl (C=O) groups excluding carboxylic acids is 2. The normalized spacial score (nSPS) is 23.6. The highest BCUT2D eigenvalue weighted by molar-refractivity contribution is 5.99. The molecule has 10 nitrogen and oxygen atoms in total. The maximum Gasteiger partial charge on any atom is 0.275 e. The van der Waals surface area contributed by atoms with Crippen LogP contribution in [0, 0.1) is 5.41 Å². The number of rotatable bonds is 4. The molecule has 3 aromatic rings. The SMILES string of the molecule is Nc1ccc(N2CCC(N3CCC4(CCN(c5ccc6cnn(C7CCC(=O)NC7=O)c(=O)c6c5)CC4)C3)CC2)cc1. The summed E-state index contributed by atoms with van der Waals surface area (Å²) in [5, 5.41) is 7.92. The summed E-state index contributed by atoms with van der Waals surface area (Å²) < 4.78 is 1.24. The zero-order chi connectivity index (χ0) is 28.8. The fourth-order valence-corrected chi connectivity index (χ4v) is 7.58. The van der Waals surface area contributed by atoms with Crippen molar-refractivity contribution in [2.45, 2.75) is 57.0 Å². The summed E-state index contributed by atoms with van der Waals surface area (Å²) in [6.07, 6.45) is 8.12. The Morgan fingerprint density at radius 3 is 2.26 bits per heavy atom.